The molecule has 92 valence electrons. The van der Waals surface area contributed by atoms with Crippen LogP contribution in [-0.2, 0) is 0 Å². The Labute approximate surface area is 127 Å². The summed E-state index contributed by atoms with van der Waals surface area (Å²) in [4.78, 5) is 0. The quantitative estimate of drug-likeness (QED) is 0.404. The smallest absolute Gasteiger partial charge is 0.155 e. The Balaban J connectivity index is 2.56. The summed E-state index contributed by atoms with van der Waals surface area (Å²) in [5, 5.41) is 3.31. The van der Waals surface area contributed by atoms with Crippen molar-refractivity contribution in [1.29, 1.82) is 0 Å². The molecule has 3 aromatic rings. The average molecular weight is 351 g/mol. The van der Waals surface area contributed by atoms with E-state index in [-0.39, 0.29) is 10.0 Å². The predicted octanol–water partition coefficient (Wildman–Crippen LogP) is 6.85. The van der Waals surface area contributed by atoms with Gasteiger partial charge in [-0.1, -0.05) is 58.0 Å². The average Bonchev–Trinajstić information content (AvgIpc) is 2.66. The van der Waals surface area contributed by atoms with Gasteiger partial charge in [0.05, 0.1) is 20.1 Å². The van der Waals surface area contributed by atoms with Crippen LogP contribution in [0, 0.1) is 0 Å². The lowest BCUT2D eigenvalue weighted by Crippen LogP contribution is -1.74. The molecule has 0 atom stereocenters. The molecule has 2 aromatic carbocycles. The Kier molecular flexibility index (Phi) is 3.08. The molecule has 1 nitrogen and oxygen atoms in total. The first-order valence-electron chi connectivity index (χ1n) is 4.84. The van der Waals surface area contributed by atoms with E-state index in [2.05, 4.69) is 0 Å². The van der Waals surface area contributed by atoms with E-state index in [0.717, 1.165) is 10.8 Å². The van der Waals surface area contributed by atoms with Crippen LogP contribution in [0.5, 0.6) is 0 Å². The first kappa shape index (κ1) is 12.7. The summed E-state index contributed by atoms with van der Waals surface area (Å²) in [6, 6.07) is 5.05. The molecule has 0 aliphatic heterocycles. The van der Waals surface area contributed by atoms with Crippen LogP contribution < -0.4 is 0 Å². The van der Waals surface area contributed by atoms with Crippen LogP contribution in [0.15, 0.2) is 22.6 Å². The van der Waals surface area contributed by atoms with E-state index in [1.165, 1.54) is 0 Å². The normalized spacial score (nSPS) is 11.6. The summed E-state index contributed by atoms with van der Waals surface area (Å²) in [6.45, 7) is 0. The van der Waals surface area contributed by atoms with Gasteiger partial charge in [-0.25, -0.2) is 0 Å². The Bertz CT molecular complexity index is 790. The second-order valence-corrected chi connectivity index (χ2v) is 5.71. The SMILES string of the molecule is Clc1[13cH][13c]2[13c](o[13c]3[13cH][13c](Cl)[13c](Cl)[13cH][13c]32)[13c](Cl)[13c]1Cl. The molecule has 1 heterocycles. The molecule has 6 heteroatoms. The van der Waals surface area contributed by atoms with Crippen LogP contribution >= 0.6 is 58.0 Å². The van der Waals surface area contributed by atoms with Crippen LogP contribution in [0.25, 0.3) is 21.9 Å². The van der Waals surface area contributed by atoms with Crippen molar-refractivity contribution in [3.8, 4) is 0 Å². The molecule has 0 saturated heterocycles. The fourth-order valence-electron chi connectivity index (χ4n) is 1.81. The van der Waals surface area contributed by atoms with Crippen LogP contribution in [0.3, 0.4) is 0 Å². The zero-order valence-corrected chi connectivity index (χ0v) is 12.3. The minimum absolute atomic E-state index is 0.266. The van der Waals surface area contributed by atoms with E-state index in [0.29, 0.717) is 26.2 Å². The van der Waals surface area contributed by atoms with Gasteiger partial charge in [-0.2, -0.15) is 0 Å². The highest BCUT2D eigenvalue weighted by Crippen LogP contribution is 2.42. The van der Waals surface area contributed by atoms with Gasteiger partial charge in [0.15, 0.2) is 5.58 Å². The summed E-state index contributed by atoms with van der Waals surface area (Å²) in [7, 11) is 0. The van der Waals surface area contributed by atoms with Crippen molar-refractivity contribution in [3.63, 3.8) is 0 Å². The molecule has 0 radical (unpaired) electrons. The van der Waals surface area contributed by atoms with E-state index in [4.69, 9.17) is 62.4 Å². The first-order valence-corrected chi connectivity index (χ1v) is 6.73. The van der Waals surface area contributed by atoms with Gasteiger partial charge in [-0.3, -0.25) is 0 Å². The van der Waals surface area contributed by atoms with Crippen molar-refractivity contribution in [2.24, 2.45) is 0 Å². The van der Waals surface area contributed by atoms with Gasteiger partial charge in [-0.05, 0) is 12.1 Å². The Morgan fingerprint density at radius 2 is 1.28 bits per heavy atom. The Hall–Kier alpha value is -0.310. The van der Waals surface area contributed by atoms with Crippen molar-refractivity contribution in [2.45, 2.75) is 0 Å². The summed E-state index contributed by atoms with van der Waals surface area (Å²) in [6.07, 6.45) is 0. The molecule has 0 N–H and O–H groups in total. The molecule has 0 aliphatic carbocycles. The number of hydrogen-bond donors (Lipinski definition) is 0. The molecule has 0 unspecified atom stereocenters. The molecular formula is C12H3Cl5O. The standard InChI is InChI=1S/C12H3Cl5O/c13-6-1-4-5-2-8(15)10(16)11(17)12(5)18-9(4)3-7(6)14/h1-3H/i1+1,2+1,3+1,4+1,5+1,6+1,7+1,9+1,10+1,11+1,12+1. The molecule has 0 saturated carbocycles. The monoisotopic (exact) mass is 349 g/mol. The fraction of sp³-hybridized carbons (Fsp3) is 0. The lowest BCUT2D eigenvalue weighted by Gasteiger charge is -1.99. The van der Waals surface area contributed by atoms with Crippen LogP contribution in [-0.4, -0.2) is 0 Å². The van der Waals surface area contributed by atoms with Crippen LogP contribution in [0.4, 0.5) is 0 Å². The van der Waals surface area contributed by atoms with Crippen molar-refractivity contribution >= 4 is 79.9 Å². The highest BCUT2D eigenvalue weighted by Gasteiger charge is 2.16. The van der Waals surface area contributed by atoms with Gasteiger partial charge in [0, 0.05) is 16.8 Å². The van der Waals surface area contributed by atoms with Crippen molar-refractivity contribution in [1.82, 2.24) is 0 Å². The Morgan fingerprint density at radius 1 is 0.667 bits per heavy atom. The number of halogens is 5. The topological polar surface area (TPSA) is 13.1 Å². The molecule has 3 rings (SSSR count). The van der Waals surface area contributed by atoms with Gasteiger partial charge in [-0.15, -0.1) is 0 Å². The number of fused-ring (bicyclic) bond motifs is 3. The van der Waals surface area contributed by atoms with E-state index >= 15 is 0 Å². The Morgan fingerprint density at radius 3 is 2.00 bits per heavy atom. The predicted molar refractivity (Wildman–Crippen MR) is 78.8 cm³/mol. The minimum Gasteiger partial charge on any atom is -0.454 e. The van der Waals surface area contributed by atoms with Gasteiger partial charge in [0.25, 0.3) is 0 Å². The first-order chi connectivity index (χ1) is 8.49. The van der Waals surface area contributed by atoms with Crippen LogP contribution in [0.2, 0.25) is 25.1 Å². The third kappa shape index (κ3) is 1.77. The van der Waals surface area contributed by atoms with Crippen molar-refractivity contribution < 1.29 is 4.42 Å². The zero-order valence-electron chi connectivity index (χ0n) is 8.53. The van der Waals surface area contributed by atoms with Crippen molar-refractivity contribution in [2.75, 3.05) is 0 Å². The summed E-state index contributed by atoms with van der Waals surface area (Å²) in [5.74, 6) is 0. The maximum atomic E-state index is 6.11. The molecular weight excluding hydrogens is 348 g/mol. The lowest BCUT2D eigenvalue weighted by molar-refractivity contribution is 0.669. The van der Waals surface area contributed by atoms with E-state index < -0.39 is 0 Å². The third-order valence-electron chi connectivity index (χ3n) is 2.64. The highest BCUT2D eigenvalue weighted by atomic mass is 35.5. The zero-order chi connectivity index (χ0) is 13.0. The summed E-state index contributed by atoms with van der Waals surface area (Å²) < 4.78 is 5.64. The lowest BCUT2D eigenvalue weighted by atomic mass is 11.0. The maximum absolute atomic E-state index is 6.11. The van der Waals surface area contributed by atoms with E-state index in [1.807, 2.05) is 0 Å². The summed E-state index contributed by atoms with van der Waals surface area (Å²) in [5.41, 5.74) is 1.05. The number of benzene rings is 2. The van der Waals surface area contributed by atoms with E-state index in [9.17, 15) is 0 Å². The number of hydrogen-bond acceptors (Lipinski definition) is 1. The fourth-order valence-corrected chi connectivity index (χ4v) is 2.76. The van der Waals surface area contributed by atoms with Gasteiger partial charge in [0.1, 0.15) is 10.6 Å². The van der Waals surface area contributed by atoms with E-state index in [1.54, 1.807) is 18.2 Å². The van der Waals surface area contributed by atoms with Crippen LogP contribution in [0.1, 0.15) is 0 Å². The molecule has 0 amide bonds. The van der Waals surface area contributed by atoms with Gasteiger partial charge in [0.2, 0.25) is 0 Å². The number of furan rings is 1. The summed E-state index contributed by atoms with van der Waals surface area (Å²) >= 11 is 30.0. The van der Waals surface area contributed by atoms with Gasteiger partial charge >= 0.3 is 0 Å². The molecule has 1 aromatic heterocycles. The van der Waals surface area contributed by atoms with Gasteiger partial charge < -0.3 is 4.42 Å². The molecule has 0 bridgehead atoms. The molecule has 0 fully saturated rings. The highest BCUT2D eigenvalue weighted by molar-refractivity contribution is 6.51. The molecule has 0 spiro atoms. The molecule has 0 aliphatic rings. The second-order valence-electron chi connectivity index (χ2n) is 3.73. The third-order valence-corrected chi connectivity index (χ3v) is 4.61. The largest absolute Gasteiger partial charge is 0.454 e. The second kappa shape index (κ2) is 4.36. The minimum atomic E-state index is 0.266. The maximum Gasteiger partial charge on any atom is 0.155 e. The molecule has 18 heavy (non-hydrogen) atoms. The number of rotatable bonds is 0. The van der Waals surface area contributed by atoms with Crippen molar-refractivity contribution in [3.05, 3.63) is 43.3 Å².